The summed E-state index contributed by atoms with van der Waals surface area (Å²) in [7, 11) is 0. The minimum atomic E-state index is -0.884. The van der Waals surface area contributed by atoms with Gasteiger partial charge in [0, 0.05) is 56.0 Å². The molecule has 2 aliphatic rings. The Hall–Kier alpha value is -4.13. The fourth-order valence-electron chi connectivity index (χ4n) is 7.47. The van der Waals surface area contributed by atoms with Crippen molar-refractivity contribution in [2.45, 2.75) is 95.0 Å². The van der Waals surface area contributed by atoms with Gasteiger partial charge >= 0.3 is 0 Å². The number of unbranched alkanes of at least 4 members (excludes halogenated alkanes) is 3. The van der Waals surface area contributed by atoms with Crippen LogP contribution in [0.2, 0.25) is 5.02 Å². The molecule has 5 N–H and O–H groups in total. The van der Waals surface area contributed by atoms with E-state index in [9.17, 15) is 19.8 Å². The Morgan fingerprint density at radius 2 is 1.45 bits per heavy atom. The number of aliphatic hydroxyl groups is 2. The average molecular weight is 770 g/mol. The van der Waals surface area contributed by atoms with Crippen molar-refractivity contribution < 1.29 is 34.5 Å². The molecule has 0 bridgehead atoms. The molecular weight excluding hydrogens is 718 g/mol. The number of hydrogen-bond donors (Lipinski definition) is 5. The van der Waals surface area contributed by atoms with Crippen LogP contribution in [0.3, 0.4) is 0 Å². The standard InChI is InChI=1S/C44H52ClN3O7/c45-38-19-17-37(18-20-38)44(52)21-23-48(24-22-44)29-39-27-40(33-15-13-31(30-49)14-16-33)55-43(54-39)36-10-6-9-35(26-36)34-8-5-7-32(25-34)28-46-41(50)11-3-1-2-4-12-42(51)47-53/h5-10,13-20,25-26,39-40,43,49,52-53H,1-4,11-12,21-24,27-30H2,(H,46,50)(H,47,51)/t39-,40+,43+/m0/s1. The first kappa shape index (κ1) is 40.5. The average Bonchev–Trinajstić information content (AvgIpc) is 3.22. The Morgan fingerprint density at radius 1 is 0.782 bits per heavy atom. The van der Waals surface area contributed by atoms with Crippen LogP contribution in [0.4, 0.5) is 0 Å². The number of ether oxygens (including phenoxy) is 2. The first-order valence-corrected chi connectivity index (χ1v) is 19.7. The molecule has 0 aliphatic carbocycles. The quantitative estimate of drug-likeness (QED) is 0.0449. The molecule has 11 heteroatoms. The van der Waals surface area contributed by atoms with Crippen LogP contribution in [0.25, 0.3) is 11.1 Å². The number of hydrogen-bond acceptors (Lipinski definition) is 8. The highest BCUT2D eigenvalue weighted by Crippen LogP contribution is 2.40. The molecule has 0 aromatic heterocycles. The Kier molecular flexibility index (Phi) is 14.5. The molecule has 4 aromatic carbocycles. The molecule has 6 rings (SSSR count). The van der Waals surface area contributed by atoms with Gasteiger partial charge in [0.25, 0.3) is 0 Å². The van der Waals surface area contributed by atoms with Gasteiger partial charge in [-0.25, -0.2) is 5.48 Å². The van der Waals surface area contributed by atoms with Crippen LogP contribution in [-0.4, -0.2) is 57.9 Å². The summed E-state index contributed by atoms with van der Waals surface area (Å²) in [6, 6.07) is 31.7. The largest absolute Gasteiger partial charge is 0.392 e. The van der Waals surface area contributed by atoms with Crippen LogP contribution in [0.5, 0.6) is 0 Å². The number of amides is 2. The van der Waals surface area contributed by atoms with E-state index in [1.165, 1.54) is 0 Å². The molecule has 2 fully saturated rings. The van der Waals surface area contributed by atoms with E-state index in [-0.39, 0.29) is 37.0 Å². The Morgan fingerprint density at radius 3 is 2.15 bits per heavy atom. The molecule has 55 heavy (non-hydrogen) atoms. The van der Waals surface area contributed by atoms with Crippen molar-refractivity contribution in [2.75, 3.05) is 19.6 Å². The fourth-order valence-corrected chi connectivity index (χ4v) is 7.60. The van der Waals surface area contributed by atoms with Crippen molar-refractivity contribution in [3.8, 4) is 11.1 Å². The first-order valence-electron chi connectivity index (χ1n) is 19.3. The third-order valence-electron chi connectivity index (χ3n) is 10.7. The Bertz CT molecular complexity index is 1850. The van der Waals surface area contributed by atoms with Crippen LogP contribution in [0.15, 0.2) is 97.1 Å². The van der Waals surface area contributed by atoms with E-state index in [4.69, 9.17) is 26.3 Å². The van der Waals surface area contributed by atoms with E-state index in [1.807, 2.05) is 72.8 Å². The summed E-state index contributed by atoms with van der Waals surface area (Å²) in [5.74, 6) is -0.397. The van der Waals surface area contributed by atoms with Gasteiger partial charge in [-0.05, 0) is 83.3 Å². The molecule has 2 heterocycles. The summed E-state index contributed by atoms with van der Waals surface area (Å²) in [5.41, 5.74) is 7.46. The number of piperidine rings is 1. The van der Waals surface area contributed by atoms with E-state index in [0.29, 0.717) is 50.2 Å². The fraction of sp³-hybridized carbons (Fsp3) is 0.409. The summed E-state index contributed by atoms with van der Waals surface area (Å²) >= 11 is 6.10. The van der Waals surface area contributed by atoms with E-state index in [2.05, 4.69) is 34.5 Å². The first-order chi connectivity index (χ1) is 26.7. The lowest BCUT2D eigenvalue weighted by molar-refractivity contribution is -0.253. The summed E-state index contributed by atoms with van der Waals surface area (Å²) in [6.45, 7) is 2.58. The lowest BCUT2D eigenvalue weighted by atomic mass is 9.84. The molecule has 0 unspecified atom stereocenters. The van der Waals surface area contributed by atoms with E-state index in [1.54, 1.807) is 5.48 Å². The van der Waals surface area contributed by atoms with Crippen molar-refractivity contribution in [2.24, 2.45) is 0 Å². The van der Waals surface area contributed by atoms with Gasteiger partial charge in [-0.1, -0.05) is 97.2 Å². The Balaban J connectivity index is 1.09. The summed E-state index contributed by atoms with van der Waals surface area (Å²) in [6.07, 6.45) is 4.77. The number of hydroxylamine groups is 1. The van der Waals surface area contributed by atoms with Gasteiger partial charge in [0.2, 0.25) is 11.8 Å². The number of carbonyl (C=O) groups excluding carboxylic acids is 2. The zero-order valence-electron chi connectivity index (χ0n) is 31.2. The summed E-state index contributed by atoms with van der Waals surface area (Å²) < 4.78 is 13.4. The van der Waals surface area contributed by atoms with Crippen LogP contribution in [-0.2, 0) is 37.8 Å². The van der Waals surface area contributed by atoms with Crippen LogP contribution < -0.4 is 10.8 Å². The molecule has 292 valence electrons. The van der Waals surface area contributed by atoms with Crippen LogP contribution in [0, 0.1) is 0 Å². The number of carbonyl (C=O) groups is 2. The summed E-state index contributed by atoms with van der Waals surface area (Å²) in [4.78, 5) is 26.0. The van der Waals surface area contributed by atoms with Crippen molar-refractivity contribution >= 4 is 23.4 Å². The van der Waals surface area contributed by atoms with E-state index >= 15 is 0 Å². The molecule has 0 saturated carbocycles. The number of aliphatic hydroxyl groups excluding tert-OH is 1. The summed E-state index contributed by atoms with van der Waals surface area (Å²) in [5, 5.41) is 33.4. The molecule has 3 atom stereocenters. The molecular formula is C44H52ClN3O7. The zero-order valence-corrected chi connectivity index (χ0v) is 31.9. The molecule has 0 spiro atoms. The third-order valence-corrected chi connectivity index (χ3v) is 11.0. The highest BCUT2D eigenvalue weighted by atomic mass is 35.5. The molecule has 10 nitrogen and oxygen atoms in total. The topological polar surface area (TPSA) is 141 Å². The number of likely N-dealkylation sites (tertiary alicyclic amines) is 1. The maximum absolute atomic E-state index is 12.5. The van der Waals surface area contributed by atoms with Crippen LogP contribution >= 0.6 is 11.6 Å². The molecule has 2 amide bonds. The normalized spacial score (nSPS) is 19.8. The second-order valence-corrected chi connectivity index (χ2v) is 15.2. The highest BCUT2D eigenvalue weighted by Gasteiger charge is 2.37. The van der Waals surface area contributed by atoms with Crippen molar-refractivity contribution in [1.29, 1.82) is 0 Å². The minimum Gasteiger partial charge on any atom is -0.392 e. The monoisotopic (exact) mass is 769 g/mol. The number of halogens is 1. The van der Waals surface area contributed by atoms with Gasteiger partial charge < -0.3 is 29.9 Å². The van der Waals surface area contributed by atoms with Gasteiger partial charge in [-0.15, -0.1) is 0 Å². The second kappa shape index (κ2) is 19.6. The number of nitrogens with zero attached hydrogens (tertiary/aromatic N) is 1. The number of benzene rings is 4. The van der Waals surface area contributed by atoms with E-state index in [0.717, 1.165) is 71.3 Å². The Labute approximate surface area is 328 Å². The van der Waals surface area contributed by atoms with Gasteiger partial charge in [0.05, 0.1) is 24.4 Å². The predicted octanol–water partition coefficient (Wildman–Crippen LogP) is 7.49. The smallest absolute Gasteiger partial charge is 0.243 e. The predicted molar refractivity (Wildman–Crippen MR) is 211 cm³/mol. The molecule has 4 aromatic rings. The highest BCUT2D eigenvalue weighted by molar-refractivity contribution is 6.30. The number of rotatable bonds is 16. The molecule has 2 aliphatic heterocycles. The SMILES string of the molecule is O=C(CCCCCCC(=O)NCc1cccc(-c2cccc([C@@H]3O[C@H](CN4CCC(O)(c5ccc(Cl)cc5)CC4)C[C@H](c4ccc(CO)cc4)O3)c2)c1)NO. The maximum atomic E-state index is 12.5. The van der Waals surface area contributed by atoms with E-state index < -0.39 is 11.9 Å². The molecule has 0 radical (unpaired) electrons. The lowest BCUT2D eigenvalue weighted by Crippen LogP contribution is -2.46. The van der Waals surface area contributed by atoms with Crippen LogP contribution in [0.1, 0.15) is 98.0 Å². The number of nitrogens with one attached hydrogen (secondary N) is 2. The lowest BCUT2D eigenvalue weighted by Gasteiger charge is -2.42. The minimum absolute atomic E-state index is 0.0102. The van der Waals surface area contributed by atoms with Crippen molar-refractivity contribution in [3.63, 3.8) is 0 Å². The maximum Gasteiger partial charge on any atom is 0.243 e. The zero-order chi connectivity index (χ0) is 38.6. The van der Waals surface area contributed by atoms with Crippen molar-refractivity contribution in [3.05, 3.63) is 130 Å². The molecule has 2 saturated heterocycles. The van der Waals surface area contributed by atoms with Gasteiger partial charge in [-0.3, -0.25) is 14.8 Å². The van der Waals surface area contributed by atoms with Crippen molar-refractivity contribution in [1.82, 2.24) is 15.7 Å². The van der Waals surface area contributed by atoms with Gasteiger partial charge in [0.15, 0.2) is 6.29 Å². The van der Waals surface area contributed by atoms with Gasteiger partial charge in [-0.2, -0.15) is 0 Å². The van der Waals surface area contributed by atoms with Gasteiger partial charge in [0.1, 0.15) is 0 Å². The second-order valence-electron chi connectivity index (χ2n) is 14.7. The third kappa shape index (κ3) is 11.5.